The molecule has 1 saturated heterocycles. The summed E-state index contributed by atoms with van der Waals surface area (Å²) in [7, 11) is -5.83. The number of nitrogens with one attached hydrogen (secondary N) is 1. The van der Waals surface area contributed by atoms with E-state index in [1.54, 1.807) is 12.1 Å². The molecule has 1 heterocycles. The summed E-state index contributed by atoms with van der Waals surface area (Å²) in [6.07, 6.45) is 0.972. The second-order valence-electron chi connectivity index (χ2n) is 6.48. The summed E-state index contributed by atoms with van der Waals surface area (Å²) in [4.78, 5) is 0.0427. The van der Waals surface area contributed by atoms with Crippen LogP contribution in [0.15, 0.2) is 57.2 Å². The Morgan fingerprint density at radius 1 is 1.04 bits per heavy atom. The zero-order chi connectivity index (χ0) is 19.7. The highest BCUT2D eigenvalue weighted by atomic mass is 32.2. The van der Waals surface area contributed by atoms with Crippen LogP contribution in [0.4, 0.5) is 0 Å². The first-order valence-electron chi connectivity index (χ1n) is 8.76. The van der Waals surface area contributed by atoms with Crippen LogP contribution in [0.3, 0.4) is 0 Å². The summed E-state index contributed by atoms with van der Waals surface area (Å²) < 4.78 is 55.7. The minimum absolute atomic E-state index is 0.00619. The lowest BCUT2D eigenvalue weighted by Gasteiger charge is -2.15. The van der Waals surface area contributed by atoms with Crippen LogP contribution in [-0.4, -0.2) is 42.8 Å². The molecule has 27 heavy (non-hydrogen) atoms. The Hall–Kier alpha value is -1.90. The van der Waals surface area contributed by atoms with Gasteiger partial charge in [0.2, 0.25) is 9.84 Å². The number of benzene rings is 2. The molecule has 0 aliphatic carbocycles. The highest BCUT2D eigenvalue weighted by molar-refractivity contribution is 7.92. The molecule has 3 rings (SSSR count). The molecule has 146 valence electrons. The highest BCUT2D eigenvalue weighted by Gasteiger charge is 2.25. The molecule has 0 spiro atoms. The summed E-state index contributed by atoms with van der Waals surface area (Å²) in [5.41, 5.74) is 0.976. The van der Waals surface area contributed by atoms with Crippen LogP contribution in [0.1, 0.15) is 24.8 Å². The van der Waals surface area contributed by atoms with E-state index in [0.29, 0.717) is 5.75 Å². The first-order valence-corrected chi connectivity index (χ1v) is 11.9. The molecule has 8 heteroatoms. The molecule has 1 atom stereocenters. The van der Waals surface area contributed by atoms with E-state index in [1.807, 2.05) is 0 Å². The van der Waals surface area contributed by atoms with Gasteiger partial charge in [0.05, 0.1) is 27.5 Å². The molecule has 0 saturated carbocycles. The SMILES string of the molecule is CCS(=O)(=O)c1cccc(S(=O)(=O)c2ccc(C3CCNC3)c(OC)c2)c1. The average molecular weight is 410 g/mol. The van der Waals surface area contributed by atoms with Gasteiger partial charge in [-0.25, -0.2) is 16.8 Å². The van der Waals surface area contributed by atoms with Gasteiger partial charge >= 0.3 is 0 Å². The van der Waals surface area contributed by atoms with Crippen LogP contribution in [0.2, 0.25) is 0 Å². The quantitative estimate of drug-likeness (QED) is 0.788. The first kappa shape index (κ1) is 19.9. The van der Waals surface area contributed by atoms with E-state index in [4.69, 9.17) is 4.74 Å². The Bertz CT molecular complexity index is 1040. The van der Waals surface area contributed by atoms with Crippen LogP contribution in [0.5, 0.6) is 5.75 Å². The van der Waals surface area contributed by atoms with E-state index in [0.717, 1.165) is 25.1 Å². The second kappa shape index (κ2) is 7.61. The number of hydrogen-bond donors (Lipinski definition) is 1. The van der Waals surface area contributed by atoms with E-state index in [2.05, 4.69) is 5.32 Å². The Balaban J connectivity index is 2.04. The first-order chi connectivity index (χ1) is 12.8. The van der Waals surface area contributed by atoms with E-state index in [9.17, 15) is 16.8 Å². The lowest BCUT2D eigenvalue weighted by molar-refractivity contribution is 0.405. The largest absolute Gasteiger partial charge is 0.496 e. The van der Waals surface area contributed by atoms with Gasteiger partial charge < -0.3 is 10.1 Å². The molecular weight excluding hydrogens is 386 g/mol. The second-order valence-corrected chi connectivity index (χ2v) is 10.7. The topological polar surface area (TPSA) is 89.5 Å². The van der Waals surface area contributed by atoms with Crippen molar-refractivity contribution in [3.05, 3.63) is 48.0 Å². The molecule has 1 N–H and O–H groups in total. The number of rotatable bonds is 6. The van der Waals surface area contributed by atoms with Crippen LogP contribution in [0.25, 0.3) is 0 Å². The van der Waals surface area contributed by atoms with Gasteiger partial charge in [-0.1, -0.05) is 19.1 Å². The predicted octanol–water partition coefficient (Wildman–Crippen LogP) is 2.40. The maximum absolute atomic E-state index is 13.0. The fourth-order valence-electron chi connectivity index (χ4n) is 3.25. The van der Waals surface area contributed by atoms with Crippen LogP contribution in [0, 0.1) is 0 Å². The number of sulfone groups is 2. The molecule has 0 aromatic heterocycles. The molecule has 1 unspecified atom stereocenters. The molecule has 0 amide bonds. The van der Waals surface area contributed by atoms with Crippen molar-refractivity contribution in [2.75, 3.05) is 26.0 Å². The van der Waals surface area contributed by atoms with E-state index in [-0.39, 0.29) is 26.4 Å². The van der Waals surface area contributed by atoms with Gasteiger partial charge in [0.15, 0.2) is 9.84 Å². The normalized spacial score (nSPS) is 17.8. The number of hydrogen-bond acceptors (Lipinski definition) is 6. The Labute approximate surface area is 160 Å². The molecule has 0 radical (unpaired) electrons. The minimum atomic E-state index is -3.86. The van der Waals surface area contributed by atoms with Crippen molar-refractivity contribution in [3.63, 3.8) is 0 Å². The van der Waals surface area contributed by atoms with E-state index >= 15 is 0 Å². The fourth-order valence-corrected chi connectivity index (χ4v) is 5.58. The van der Waals surface area contributed by atoms with Crippen LogP contribution in [-0.2, 0) is 19.7 Å². The molecule has 2 aromatic rings. The minimum Gasteiger partial charge on any atom is -0.496 e. The summed E-state index contributed by atoms with van der Waals surface area (Å²) in [5.74, 6) is 0.728. The van der Waals surface area contributed by atoms with Gasteiger partial charge in [0.25, 0.3) is 0 Å². The van der Waals surface area contributed by atoms with Crippen molar-refractivity contribution in [2.45, 2.75) is 33.9 Å². The molecule has 0 bridgehead atoms. The van der Waals surface area contributed by atoms with Crippen LogP contribution < -0.4 is 10.1 Å². The molecule has 1 fully saturated rings. The highest BCUT2D eigenvalue weighted by Crippen LogP contribution is 2.34. The zero-order valence-corrected chi connectivity index (χ0v) is 16.9. The van der Waals surface area contributed by atoms with Crippen LogP contribution >= 0.6 is 0 Å². The van der Waals surface area contributed by atoms with Gasteiger partial charge in [0, 0.05) is 12.5 Å². The van der Waals surface area contributed by atoms with E-state index < -0.39 is 19.7 Å². The predicted molar refractivity (Wildman–Crippen MR) is 103 cm³/mol. The van der Waals surface area contributed by atoms with Crippen molar-refractivity contribution in [1.82, 2.24) is 5.32 Å². The fraction of sp³-hybridized carbons (Fsp3) is 0.368. The van der Waals surface area contributed by atoms with Gasteiger partial charge in [-0.05, 0) is 48.9 Å². The van der Waals surface area contributed by atoms with E-state index in [1.165, 1.54) is 44.4 Å². The number of ether oxygens (including phenoxy) is 1. The summed E-state index contributed by atoms with van der Waals surface area (Å²) >= 11 is 0. The molecular formula is C19H23NO5S2. The standard InChI is InChI=1S/C19H23NO5S2/c1-3-26(21,22)15-5-4-6-16(11-15)27(23,24)17-7-8-18(19(12-17)25-2)14-9-10-20-13-14/h4-8,11-12,14,20H,3,9-10,13H2,1-2H3. The summed E-state index contributed by atoms with van der Waals surface area (Å²) in [6, 6.07) is 10.4. The van der Waals surface area contributed by atoms with Gasteiger partial charge in [-0.15, -0.1) is 0 Å². The van der Waals surface area contributed by atoms with Crippen molar-refractivity contribution < 1.29 is 21.6 Å². The average Bonchev–Trinajstić information content (AvgIpc) is 3.22. The molecule has 1 aliphatic rings. The molecule has 6 nitrogen and oxygen atoms in total. The Morgan fingerprint density at radius 3 is 2.37 bits per heavy atom. The maximum atomic E-state index is 13.0. The third-order valence-corrected chi connectivity index (χ3v) is 8.35. The van der Waals surface area contributed by atoms with Gasteiger partial charge in [-0.3, -0.25) is 0 Å². The number of methoxy groups -OCH3 is 1. The smallest absolute Gasteiger partial charge is 0.206 e. The van der Waals surface area contributed by atoms with Crippen molar-refractivity contribution in [3.8, 4) is 5.75 Å². The lowest BCUT2D eigenvalue weighted by Crippen LogP contribution is -2.10. The zero-order valence-electron chi connectivity index (χ0n) is 15.3. The monoisotopic (exact) mass is 409 g/mol. The third kappa shape index (κ3) is 3.88. The third-order valence-electron chi connectivity index (χ3n) is 4.87. The van der Waals surface area contributed by atoms with Gasteiger partial charge in [-0.2, -0.15) is 0 Å². The Kier molecular flexibility index (Phi) is 5.60. The Morgan fingerprint density at radius 2 is 1.74 bits per heavy atom. The summed E-state index contributed by atoms with van der Waals surface area (Å²) in [5, 5.41) is 3.29. The van der Waals surface area contributed by atoms with Crippen molar-refractivity contribution in [2.24, 2.45) is 0 Å². The summed E-state index contributed by atoms with van der Waals surface area (Å²) in [6.45, 7) is 3.28. The van der Waals surface area contributed by atoms with Crippen molar-refractivity contribution >= 4 is 19.7 Å². The van der Waals surface area contributed by atoms with Crippen molar-refractivity contribution in [1.29, 1.82) is 0 Å². The molecule has 1 aliphatic heterocycles. The maximum Gasteiger partial charge on any atom is 0.206 e. The molecule has 2 aromatic carbocycles. The van der Waals surface area contributed by atoms with Gasteiger partial charge in [0.1, 0.15) is 5.75 Å². The lowest BCUT2D eigenvalue weighted by atomic mass is 9.97.